The number of nitrogens with zero attached hydrogens (tertiary/aromatic N) is 2. The number of benzene rings is 1. The van der Waals surface area contributed by atoms with Gasteiger partial charge in [0.05, 0.1) is 22.1 Å². The number of rotatable bonds is 4. The van der Waals surface area contributed by atoms with Gasteiger partial charge in [-0.1, -0.05) is 11.6 Å². The molecule has 0 spiro atoms. The molecule has 0 bridgehead atoms. The minimum Gasteiger partial charge on any atom is -0.345 e. The average Bonchev–Trinajstić information content (AvgIpc) is 2.82. The van der Waals surface area contributed by atoms with Gasteiger partial charge in [0.1, 0.15) is 5.01 Å². The number of hydrogen-bond donors (Lipinski definition) is 1. The molecule has 8 heteroatoms. The fourth-order valence-electron chi connectivity index (χ4n) is 1.54. The Morgan fingerprint density at radius 3 is 2.90 bits per heavy atom. The van der Waals surface area contributed by atoms with Crippen LogP contribution in [0.1, 0.15) is 21.1 Å². The van der Waals surface area contributed by atoms with E-state index in [1.54, 1.807) is 0 Å². The summed E-state index contributed by atoms with van der Waals surface area (Å²) in [6, 6.07) is 3.75. The third-order valence-electron chi connectivity index (χ3n) is 2.47. The Morgan fingerprint density at radius 2 is 2.30 bits per heavy atom. The van der Waals surface area contributed by atoms with Crippen LogP contribution in [0.25, 0.3) is 0 Å². The highest BCUT2D eigenvalue weighted by atomic mass is 35.5. The summed E-state index contributed by atoms with van der Waals surface area (Å²) in [5.41, 5.74) is 0.784. The highest BCUT2D eigenvalue weighted by Gasteiger charge is 2.15. The molecule has 1 aromatic heterocycles. The molecule has 0 radical (unpaired) electrons. The third kappa shape index (κ3) is 3.31. The molecule has 20 heavy (non-hydrogen) atoms. The second-order valence-electron chi connectivity index (χ2n) is 3.99. The van der Waals surface area contributed by atoms with E-state index in [0.29, 0.717) is 0 Å². The summed E-state index contributed by atoms with van der Waals surface area (Å²) in [4.78, 5) is 26.3. The lowest BCUT2D eigenvalue weighted by Gasteiger charge is -2.05. The van der Waals surface area contributed by atoms with E-state index in [4.69, 9.17) is 11.6 Å². The van der Waals surface area contributed by atoms with Crippen molar-refractivity contribution in [2.45, 2.75) is 13.5 Å². The van der Waals surface area contributed by atoms with Gasteiger partial charge in [0.15, 0.2) is 0 Å². The number of nitrogens with one attached hydrogen (secondary N) is 1. The second-order valence-corrected chi connectivity index (χ2v) is 5.34. The lowest BCUT2D eigenvalue weighted by molar-refractivity contribution is -0.384. The molecule has 104 valence electrons. The topological polar surface area (TPSA) is 85.1 Å². The summed E-state index contributed by atoms with van der Waals surface area (Å²) in [7, 11) is 0. The van der Waals surface area contributed by atoms with E-state index >= 15 is 0 Å². The first-order valence-corrected chi connectivity index (χ1v) is 6.86. The van der Waals surface area contributed by atoms with Crippen LogP contribution < -0.4 is 5.32 Å². The smallest absolute Gasteiger partial charge is 0.270 e. The van der Waals surface area contributed by atoms with Crippen molar-refractivity contribution in [2.75, 3.05) is 0 Å². The Balaban J connectivity index is 2.12. The predicted octanol–water partition coefficient (Wildman–Crippen LogP) is 2.94. The summed E-state index contributed by atoms with van der Waals surface area (Å²) in [5, 5.41) is 16.1. The Morgan fingerprint density at radius 1 is 1.55 bits per heavy atom. The van der Waals surface area contributed by atoms with Crippen molar-refractivity contribution in [1.82, 2.24) is 10.3 Å². The molecule has 1 amide bonds. The number of hydrogen-bond acceptors (Lipinski definition) is 5. The van der Waals surface area contributed by atoms with Crippen molar-refractivity contribution < 1.29 is 9.72 Å². The molecule has 2 rings (SSSR count). The highest BCUT2D eigenvalue weighted by Crippen LogP contribution is 2.22. The maximum absolute atomic E-state index is 12.0. The molecule has 0 aliphatic heterocycles. The zero-order valence-corrected chi connectivity index (χ0v) is 12.0. The van der Waals surface area contributed by atoms with Gasteiger partial charge >= 0.3 is 0 Å². The lowest BCUT2D eigenvalue weighted by Crippen LogP contribution is -2.23. The number of carbonyl (C=O) groups excluding carboxylic acids is 1. The third-order valence-corrected chi connectivity index (χ3v) is 3.77. The van der Waals surface area contributed by atoms with Crippen molar-refractivity contribution in [1.29, 1.82) is 0 Å². The van der Waals surface area contributed by atoms with Gasteiger partial charge < -0.3 is 5.32 Å². The number of carbonyl (C=O) groups is 1. The molecule has 1 aromatic carbocycles. The standard InChI is InChI=1S/C12H10ClN3O3S/c1-7-6-20-11(15-7)5-14-12(17)9-4-8(16(18)19)2-3-10(9)13/h2-4,6H,5H2,1H3,(H,14,17). The monoisotopic (exact) mass is 311 g/mol. The zero-order valence-electron chi connectivity index (χ0n) is 10.4. The second kappa shape index (κ2) is 5.98. The van der Waals surface area contributed by atoms with Gasteiger partial charge in [-0.2, -0.15) is 0 Å². The summed E-state index contributed by atoms with van der Waals surface area (Å²) < 4.78 is 0. The Bertz CT molecular complexity index is 672. The normalized spacial score (nSPS) is 10.3. The van der Waals surface area contributed by atoms with Crippen LogP contribution in [0.3, 0.4) is 0 Å². The van der Waals surface area contributed by atoms with Crippen LogP contribution in [0.4, 0.5) is 5.69 Å². The number of thiazole rings is 1. The largest absolute Gasteiger partial charge is 0.345 e. The van der Waals surface area contributed by atoms with Crippen LogP contribution in [0.5, 0.6) is 0 Å². The number of aromatic nitrogens is 1. The van der Waals surface area contributed by atoms with E-state index < -0.39 is 10.8 Å². The van der Waals surface area contributed by atoms with Gasteiger partial charge in [0.2, 0.25) is 0 Å². The van der Waals surface area contributed by atoms with Crippen molar-refractivity contribution in [3.63, 3.8) is 0 Å². The van der Waals surface area contributed by atoms with E-state index in [1.807, 2.05) is 12.3 Å². The minimum atomic E-state index is -0.572. The molecular formula is C12H10ClN3O3S. The van der Waals surface area contributed by atoms with E-state index in [9.17, 15) is 14.9 Å². The zero-order chi connectivity index (χ0) is 14.7. The van der Waals surface area contributed by atoms with Gasteiger partial charge in [-0.25, -0.2) is 4.98 Å². The molecule has 0 aliphatic rings. The number of non-ortho nitro benzene ring substituents is 1. The summed E-state index contributed by atoms with van der Waals surface area (Å²) in [6.07, 6.45) is 0. The molecule has 0 fully saturated rings. The molecule has 0 atom stereocenters. The fourth-order valence-corrected chi connectivity index (χ4v) is 2.45. The molecule has 0 saturated carbocycles. The number of halogens is 1. The predicted molar refractivity (Wildman–Crippen MR) is 76.1 cm³/mol. The Hall–Kier alpha value is -1.99. The van der Waals surface area contributed by atoms with Gasteiger partial charge in [-0.05, 0) is 13.0 Å². The lowest BCUT2D eigenvalue weighted by atomic mass is 10.2. The number of nitro benzene ring substituents is 1. The first-order valence-electron chi connectivity index (χ1n) is 5.60. The fraction of sp³-hybridized carbons (Fsp3) is 0.167. The summed E-state index contributed by atoms with van der Waals surface area (Å²) in [5.74, 6) is -0.466. The quantitative estimate of drug-likeness (QED) is 0.695. The molecule has 0 saturated heterocycles. The van der Waals surface area contributed by atoms with Crippen molar-refractivity contribution in [2.24, 2.45) is 0 Å². The van der Waals surface area contributed by atoms with Crippen molar-refractivity contribution in [3.05, 3.63) is 55.0 Å². The molecule has 1 heterocycles. The minimum absolute atomic E-state index is 0.0779. The van der Waals surface area contributed by atoms with Crippen LogP contribution in [0.2, 0.25) is 5.02 Å². The maximum atomic E-state index is 12.0. The van der Waals surface area contributed by atoms with Gasteiger partial charge in [-0.15, -0.1) is 11.3 Å². The molecule has 2 aromatic rings. The highest BCUT2D eigenvalue weighted by molar-refractivity contribution is 7.09. The number of amides is 1. The van der Waals surface area contributed by atoms with Gasteiger partial charge in [0.25, 0.3) is 11.6 Å². The molecule has 6 nitrogen and oxygen atoms in total. The summed E-state index contributed by atoms with van der Waals surface area (Å²) in [6.45, 7) is 2.12. The number of aryl methyl sites for hydroxylation is 1. The SMILES string of the molecule is Cc1csc(CNC(=O)c2cc([N+](=O)[O-])ccc2Cl)n1. The molecular weight excluding hydrogens is 302 g/mol. The van der Waals surface area contributed by atoms with Crippen molar-refractivity contribution >= 4 is 34.5 Å². The van der Waals surface area contributed by atoms with Gasteiger partial charge in [0, 0.05) is 23.2 Å². The van der Waals surface area contributed by atoms with Crippen LogP contribution in [-0.2, 0) is 6.54 Å². The number of nitro groups is 1. The van der Waals surface area contributed by atoms with Crippen molar-refractivity contribution in [3.8, 4) is 0 Å². The maximum Gasteiger partial charge on any atom is 0.270 e. The van der Waals surface area contributed by atoms with E-state index in [2.05, 4.69) is 10.3 Å². The van der Waals surface area contributed by atoms with E-state index in [1.165, 1.54) is 23.5 Å². The van der Waals surface area contributed by atoms with Crippen LogP contribution in [-0.4, -0.2) is 15.8 Å². The Labute approximate surface area is 123 Å². The first kappa shape index (κ1) is 14.4. The average molecular weight is 312 g/mol. The first-order chi connectivity index (χ1) is 9.47. The molecule has 1 N–H and O–H groups in total. The van der Waals surface area contributed by atoms with E-state index in [-0.39, 0.29) is 22.8 Å². The van der Waals surface area contributed by atoms with E-state index in [0.717, 1.165) is 16.8 Å². The van der Waals surface area contributed by atoms with Crippen LogP contribution >= 0.6 is 22.9 Å². The Kier molecular flexibility index (Phi) is 4.31. The molecule has 0 aliphatic carbocycles. The van der Waals surface area contributed by atoms with Gasteiger partial charge in [-0.3, -0.25) is 14.9 Å². The summed E-state index contributed by atoms with van der Waals surface area (Å²) >= 11 is 7.32. The van der Waals surface area contributed by atoms with Crippen LogP contribution in [0, 0.1) is 17.0 Å². The van der Waals surface area contributed by atoms with Crippen LogP contribution in [0.15, 0.2) is 23.6 Å². The molecule has 0 unspecified atom stereocenters.